The van der Waals surface area contributed by atoms with E-state index in [1.165, 1.54) is 36.6 Å². The average Bonchev–Trinajstić information content (AvgIpc) is 2.61. The van der Waals surface area contributed by atoms with Crippen LogP contribution in [-0.4, -0.2) is 23.2 Å². The van der Waals surface area contributed by atoms with Crippen molar-refractivity contribution in [3.05, 3.63) is 35.4 Å². The lowest BCUT2D eigenvalue weighted by molar-refractivity contribution is -0.115. The molecule has 0 atom stereocenters. The zero-order valence-corrected chi connectivity index (χ0v) is 14.6. The average molecular weight is 333 g/mol. The fourth-order valence-electron chi connectivity index (χ4n) is 2.99. The van der Waals surface area contributed by atoms with E-state index in [1.54, 1.807) is 0 Å². The Balaban J connectivity index is 1.73. The number of Topliss-reactive ketones (excluding diaryl/α,β-unsaturated/α-hetero) is 1. The van der Waals surface area contributed by atoms with E-state index >= 15 is 0 Å². The van der Waals surface area contributed by atoms with E-state index in [9.17, 15) is 9.59 Å². The van der Waals surface area contributed by atoms with E-state index in [0.717, 1.165) is 37.0 Å². The molecule has 0 aromatic heterocycles. The fraction of sp³-hybridized carbons (Fsp3) is 0.579. The molecule has 1 fully saturated rings. The van der Waals surface area contributed by atoms with Crippen LogP contribution in [0.4, 0.5) is 0 Å². The molecule has 1 saturated carbocycles. The summed E-state index contributed by atoms with van der Waals surface area (Å²) < 4.78 is 0. The summed E-state index contributed by atoms with van der Waals surface area (Å²) in [6.07, 6.45) is 7.97. The molecule has 4 heteroatoms. The highest BCUT2D eigenvalue weighted by Crippen LogP contribution is 2.28. The minimum atomic E-state index is 0.156. The third-order valence-electron chi connectivity index (χ3n) is 4.46. The molecule has 1 aliphatic rings. The predicted octanol–water partition coefficient (Wildman–Crippen LogP) is 3.99. The Kier molecular flexibility index (Phi) is 7.83. The van der Waals surface area contributed by atoms with Gasteiger partial charge in [-0.1, -0.05) is 55.3 Å². The van der Waals surface area contributed by atoms with Crippen molar-refractivity contribution in [3.63, 3.8) is 0 Å². The van der Waals surface area contributed by atoms with Crippen molar-refractivity contribution in [3.8, 4) is 0 Å². The zero-order valence-electron chi connectivity index (χ0n) is 13.8. The van der Waals surface area contributed by atoms with Crippen LogP contribution in [0.25, 0.3) is 0 Å². The molecule has 1 aromatic rings. The molecule has 2 N–H and O–H groups in total. The summed E-state index contributed by atoms with van der Waals surface area (Å²) in [5.41, 5.74) is 7.37. The molecule has 0 saturated heterocycles. The first-order chi connectivity index (χ1) is 11.2. The largest absolute Gasteiger partial charge is 0.330 e. The van der Waals surface area contributed by atoms with Gasteiger partial charge in [-0.15, -0.1) is 0 Å². The SMILES string of the molecule is NCCCC(=O)c1ccc(CCSC(=O)C2CCCCC2)cc1. The number of ketones is 1. The number of carbonyl (C=O) groups excluding carboxylic acids is 2. The van der Waals surface area contributed by atoms with Crippen LogP contribution in [0.2, 0.25) is 0 Å². The second kappa shape index (κ2) is 9.89. The maximum atomic E-state index is 12.1. The Morgan fingerprint density at radius 3 is 2.43 bits per heavy atom. The highest BCUT2D eigenvalue weighted by molar-refractivity contribution is 8.13. The summed E-state index contributed by atoms with van der Waals surface area (Å²) in [7, 11) is 0. The molecule has 0 spiro atoms. The topological polar surface area (TPSA) is 60.2 Å². The zero-order chi connectivity index (χ0) is 16.5. The molecule has 2 rings (SSSR count). The van der Waals surface area contributed by atoms with Gasteiger partial charge in [0.2, 0.25) is 0 Å². The number of aryl methyl sites for hydroxylation is 1. The molecule has 0 unspecified atom stereocenters. The van der Waals surface area contributed by atoms with Crippen molar-refractivity contribution in [2.24, 2.45) is 11.7 Å². The van der Waals surface area contributed by atoms with Crippen LogP contribution < -0.4 is 5.73 Å². The summed E-state index contributed by atoms with van der Waals surface area (Å²) in [5.74, 6) is 1.27. The normalized spacial score (nSPS) is 15.5. The summed E-state index contributed by atoms with van der Waals surface area (Å²) in [5, 5.41) is 0.373. The third kappa shape index (κ3) is 6.11. The number of thioether (sulfide) groups is 1. The van der Waals surface area contributed by atoms with Gasteiger partial charge in [0.15, 0.2) is 10.9 Å². The van der Waals surface area contributed by atoms with Gasteiger partial charge in [0.25, 0.3) is 0 Å². The third-order valence-corrected chi connectivity index (χ3v) is 5.48. The van der Waals surface area contributed by atoms with Crippen molar-refractivity contribution >= 4 is 22.7 Å². The predicted molar refractivity (Wildman–Crippen MR) is 96.8 cm³/mol. The number of hydrogen-bond acceptors (Lipinski definition) is 4. The van der Waals surface area contributed by atoms with Gasteiger partial charge in [-0.25, -0.2) is 0 Å². The molecular weight excluding hydrogens is 306 g/mol. The van der Waals surface area contributed by atoms with Gasteiger partial charge < -0.3 is 5.73 Å². The first-order valence-corrected chi connectivity index (χ1v) is 9.68. The fourth-order valence-corrected chi connectivity index (χ4v) is 4.00. The van der Waals surface area contributed by atoms with Crippen molar-refractivity contribution in [2.45, 2.75) is 51.4 Å². The number of rotatable bonds is 8. The Morgan fingerprint density at radius 1 is 1.09 bits per heavy atom. The van der Waals surface area contributed by atoms with E-state index in [0.29, 0.717) is 18.1 Å². The minimum absolute atomic E-state index is 0.156. The van der Waals surface area contributed by atoms with Gasteiger partial charge in [-0.05, 0) is 37.8 Å². The Labute approximate surface area is 143 Å². The van der Waals surface area contributed by atoms with Crippen molar-refractivity contribution in [2.75, 3.05) is 12.3 Å². The van der Waals surface area contributed by atoms with Crippen LogP contribution in [0.1, 0.15) is 60.9 Å². The molecular formula is C19H27NO2S. The van der Waals surface area contributed by atoms with Crippen LogP contribution in [0.5, 0.6) is 0 Å². The highest BCUT2D eigenvalue weighted by Gasteiger charge is 2.20. The number of nitrogens with two attached hydrogens (primary N) is 1. The van der Waals surface area contributed by atoms with E-state index in [-0.39, 0.29) is 11.7 Å². The number of carbonyl (C=O) groups is 2. The maximum absolute atomic E-state index is 12.1. The number of hydrogen-bond donors (Lipinski definition) is 1. The first-order valence-electron chi connectivity index (χ1n) is 8.69. The second-order valence-corrected chi connectivity index (χ2v) is 7.36. The smallest absolute Gasteiger partial charge is 0.192 e. The van der Waals surface area contributed by atoms with Gasteiger partial charge in [0.1, 0.15) is 0 Å². The van der Waals surface area contributed by atoms with E-state index < -0.39 is 0 Å². The summed E-state index contributed by atoms with van der Waals surface area (Å²) in [6, 6.07) is 7.78. The van der Waals surface area contributed by atoms with Crippen LogP contribution >= 0.6 is 11.8 Å². The monoisotopic (exact) mass is 333 g/mol. The van der Waals surface area contributed by atoms with Crippen molar-refractivity contribution < 1.29 is 9.59 Å². The quantitative estimate of drug-likeness (QED) is 0.731. The van der Waals surface area contributed by atoms with E-state index in [4.69, 9.17) is 5.73 Å². The summed E-state index contributed by atoms with van der Waals surface area (Å²) >= 11 is 1.48. The molecule has 3 nitrogen and oxygen atoms in total. The van der Waals surface area contributed by atoms with Crippen LogP contribution in [0.15, 0.2) is 24.3 Å². The molecule has 0 radical (unpaired) electrons. The molecule has 1 aromatic carbocycles. The standard InChI is InChI=1S/C19H27NO2S/c20-13-4-7-18(21)16-10-8-15(9-11-16)12-14-23-19(22)17-5-2-1-3-6-17/h8-11,17H,1-7,12-14,20H2. The minimum Gasteiger partial charge on any atom is -0.330 e. The lowest BCUT2D eigenvalue weighted by Gasteiger charge is -2.19. The Bertz CT molecular complexity index is 507. The Hall–Kier alpha value is -1.13. The van der Waals surface area contributed by atoms with E-state index in [1.807, 2.05) is 24.3 Å². The van der Waals surface area contributed by atoms with Crippen LogP contribution in [0.3, 0.4) is 0 Å². The molecule has 1 aliphatic carbocycles. The van der Waals surface area contributed by atoms with Crippen molar-refractivity contribution in [1.82, 2.24) is 0 Å². The maximum Gasteiger partial charge on any atom is 0.192 e. The molecule has 126 valence electrons. The summed E-state index contributed by atoms with van der Waals surface area (Å²) in [4.78, 5) is 24.0. The van der Waals surface area contributed by atoms with Gasteiger partial charge >= 0.3 is 0 Å². The lowest BCUT2D eigenvalue weighted by Crippen LogP contribution is -2.15. The van der Waals surface area contributed by atoms with Crippen LogP contribution in [0, 0.1) is 5.92 Å². The molecule has 0 bridgehead atoms. The molecule has 23 heavy (non-hydrogen) atoms. The first kappa shape index (κ1) is 18.2. The molecule has 0 heterocycles. The second-order valence-electron chi connectivity index (χ2n) is 6.26. The molecule has 0 amide bonds. The van der Waals surface area contributed by atoms with Crippen molar-refractivity contribution in [1.29, 1.82) is 0 Å². The van der Waals surface area contributed by atoms with Gasteiger partial charge in [-0.2, -0.15) is 0 Å². The van der Waals surface area contributed by atoms with Gasteiger partial charge in [0.05, 0.1) is 0 Å². The van der Waals surface area contributed by atoms with Gasteiger partial charge in [-0.3, -0.25) is 9.59 Å². The lowest BCUT2D eigenvalue weighted by atomic mass is 9.90. The highest BCUT2D eigenvalue weighted by atomic mass is 32.2. The van der Waals surface area contributed by atoms with Gasteiger partial charge in [0, 0.05) is 23.7 Å². The van der Waals surface area contributed by atoms with Crippen LogP contribution in [-0.2, 0) is 11.2 Å². The van der Waals surface area contributed by atoms with E-state index in [2.05, 4.69) is 0 Å². The molecule has 0 aliphatic heterocycles. The number of benzene rings is 1. The Morgan fingerprint density at radius 2 is 1.78 bits per heavy atom. The summed E-state index contributed by atoms with van der Waals surface area (Å²) in [6.45, 7) is 0.552.